The van der Waals surface area contributed by atoms with Crippen molar-refractivity contribution in [1.29, 1.82) is 0 Å². The number of urea groups is 1. The first kappa shape index (κ1) is 14.7. The van der Waals surface area contributed by atoms with Gasteiger partial charge >= 0.3 is 6.03 Å². The number of nitrogens with one attached hydrogen (secondary N) is 2. The van der Waals surface area contributed by atoms with Gasteiger partial charge in [0.25, 0.3) is 0 Å². The van der Waals surface area contributed by atoms with Crippen molar-refractivity contribution in [2.45, 2.75) is 19.3 Å². The van der Waals surface area contributed by atoms with E-state index >= 15 is 0 Å². The van der Waals surface area contributed by atoms with Gasteiger partial charge in [-0.05, 0) is 43.5 Å². The highest BCUT2D eigenvalue weighted by atomic mass is 35.5. The van der Waals surface area contributed by atoms with Crippen molar-refractivity contribution < 1.29 is 9.59 Å². The van der Waals surface area contributed by atoms with Crippen LogP contribution in [-0.4, -0.2) is 36.5 Å². The summed E-state index contributed by atoms with van der Waals surface area (Å²) in [5.41, 5.74) is 0.636. The maximum Gasteiger partial charge on any atom is 0.319 e. The normalized spacial score (nSPS) is 14.8. The van der Waals surface area contributed by atoms with Gasteiger partial charge in [-0.15, -0.1) is 0 Å². The minimum Gasteiger partial charge on any atom is -0.341 e. The molecule has 6 heteroatoms. The van der Waals surface area contributed by atoms with Gasteiger partial charge in [-0.2, -0.15) is 0 Å². The fraction of sp³-hybridized carbons (Fsp3) is 0.429. The first-order valence-electron chi connectivity index (χ1n) is 6.73. The second kappa shape index (κ2) is 7.14. The van der Waals surface area contributed by atoms with Crippen LogP contribution in [0.4, 0.5) is 10.5 Å². The number of carbonyl (C=O) groups excluding carboxylic acids is 2. The van der Waals surface area contributed by atoms with Gasteiger partial charge in [-0.3, -0.25) is 4.79 Å². The Morgan fingerprint density at radius 1 is 1.10 bits per heavy atom. The molecule has 3 amide bonds. The molecule has 1 aromatic carbocycles. The molecule has 2 N–H and O–H groups in total. The van der Waals surface area contributed by atoms with Crippen LogP contribution in [0.1, 0.15) is 19.3 Å². The van der Waals surface area contributed by atoms with Crippen molar-refractivity contribution in [3.63, 3.8) is 0 Å². The van der Waals surface area contributed by atoms with Crippen molar-refractivity contribution in [1.82, 2.24) is 10.2 Å². The Balaban J connectivity index is 1.74. The van der Waals surface area contributed by atoms with Crippen molar-refractivity contribution in [2.75, 3.05) is 25.0 Å². The largest absolute Gasteiger partial charge is 0.341 e. The Morgan fingerprint density at radius 3 is 2.40 bits per heavy atom. The lowest BCUT2D eigenvalue weighted by atomic mass is 10.1. The van der Waals surface area contributed by atoms with Crippen molar-refractivity contribution in [2.24, 2.45) is 0 Å². The van der Waals surface area contributed by atoms with Crippen molar-refractivity contribution >= 4 is 29.2 Å². The standard InChI is InChI=1S/C14H18ClN3O2/c15-11-4-6-12(7-5-11)17-14(20)16-10-13(19)18-8-2-1-3-9-18/h4-7H,1-3,8-10H2,(H2,16,17,20). The summed E-state index contributed by atoms with van der Waals surface area (Å²) in [6, 6.07) is 6.40. The molecule has 1 fully saturated rings. The molecule has 0 bridgehead atoms. The summed E-state index contributed by atoms with van der Waals surface area (Å²) in [6.07, 6.45) is 3.26. The topological polar surface area (TPSA) is 61.4 Å². The lowest BCUT2D eigenvalue weighted by Gasteiger charge is -2.26. The number of benzene rings is 1. The van der Waals surface area contributed by atoms with Crippen LogP contribution in [0.5, 0.6) is 0 Å². The number of rotatable bonds is 3. The monoisotopic (exact) mass is 295 g/mol. The Labute approximate surface area is 123 Å². The smallest absolute Gasteiger partial charge is 0.319 e. The van der Waals surface area contributed by atoms with Crippen LogP contribution in [0.3, 0.4) is 0 Å². The van der Waals surface area contributed by atoms with E-state index in [0.717, 1.165) is 25.9 Å². The number of amides is 3. The highest BCUT2D eigenvalue weighted by Crippen LogP contribution is 2.13. The van der Waals surface area contributed by atoms with E-state index in [2.05, 4.69) is 10.6 Å². The maximum atomic E-state index is 11.9. The van der Waals surface area contributed by atoms with E-state index in [0.29, 0.717) is 10.7 Å². The molecule has 0 radical (unpaired) electrons. The number of piperidine rings is 1. The maximum absolute atomic E-state index is 11.9. The Kier molecular flexibility index (Phi) is 5.24. The second-order valence-electron chi connectivity index (χ2n) is 4.76. The third-order valence-corrected chi connectivity index (χ3v) is 3.46. The molecule has 5 nitrogen and oxygen atoms in total. The summed E-state index contributed by atoms with van der Waals surface area (Å²) in [6.45, 7) is 1.61. The molecule has 1 aliphatic heterocycles. The number of nitrogens with zero attached hydrogens (tertiary/aromatic N) is 1. The number of likely N-dealkylation sites (tertiary alicyclic amines) is 1. The van der Waals surface area contributed by atoms with Gasteiger partial charge in [-0.1, -0.05) is 11.6 Å². The van der Waals surface area contributed by atoms with Gasteiger partial charge in [0.15, 0.2) is 0 Å². The first-order chi connectivity index (χ1) is 9.65. The zero-order chi connectivity index (χ0) is 14.4. The fourth-order valence-electron chi connectivity index (χ4n) is 2.12. The van der Waals surface area contributed by atoms with Crippen LogP contribution < -0.4 is 10.6 Å². The molecule has 1 aromatic rings. The molecule has 1 saturated heterocycles. The van der Waals surface area contributed by atoms with Crippen LogP contribution in [0.25, 0.3) is 0 Å². The number of hydrogen-bond donors (Lipinski definition) is 2. The summed E-state index contributed by atoms with van der Waals surface area (Å²) in [4.78, 5) is 25.3. The Bertz CT molecular complexity index is 470. The minimum absolute atomic E-state index is 0.0272. The molecule has 20 heavy (non-hydrogen) atoms. The van der Waals surface area contributed by atoms with Gasteiger partial charge in [0.1, 0.15) is 0 Å². The minimum atomic E-state index is -0.391. The molecule has 0 aliphatic carbocycles. The van der Waals surface area contributed by atoms with E-state index in [1.54, 1.807) is 29.2 Å². The zero-order valence-corrected chi connectivity index (χ0v) is 11.9. The molecular formula is C14H18ClN3O2. The highest BCUT2D eigenvalue weighted by Gasteiger charge is 2.16. The average Bonchev–Trinajstić information content (AvgIpc) is 2.48. The molecule has 1 heterocycles. The van der Waals surface area contributed by atoms with Gasteiger partial charge in [-0.25, -0.2) is 4.79 Å². The van der Waals surface area contributed by atoms with E-state index in [9.17, 15) is 9.59 Å². The molecular weight excluding hydrogens is 278 g/mol. The molecule has 0 aromatic heterocycles. The van der Waals surface area contributed by atoms with E-state index in [-0.39, 0.29) is 12.5 Å². The van der Waals surface area contributed by atoms with Crippen molar-refractivity contribution in [3.8, 4) is 0 Å². The predicted octanol–water partition coefficient (Wildman–Crippen LogP) is 2.47. The van der Waals surface area contributed by atoms with Crippen molar-refractivity contribution in [3.05, 3.63) is 29.3 Å². The fourth-order valence-corrected chi connectivity index (χ4v) is 2.25. The summed E-state index contributed by atoms with van der Waals surface area (Å²) >= 11 is 5.76. The number of anilines is 1. The van der Waals surface area contributed by atoms with E-state index < -0.39 is 6.03 Å². The first-order valence-corrected chi connectivity index (χ1v) is 7.11. The molecule has 108 valence electrons. The SMILES string of the molecule is O=C(NCC(=O)N1CCCCC1)Nc1ccc(Cl)cc1. The molecule has 0 unspecified atom stereocenters. The van der Waals surface area contributed by atoms with E-state index in [4.69, 9.17) is 11.6 Å². The predicted molar refractivity (Wildman–Crippen MR) is 78.9 cm³/mol. The Morgan fingerprint density at radius 2 is 1.75 bits per heavy atom. The quantitative estimate of drug-likeness (QED) is 0.900. The van der Waals surface area contributed by atoms with E-state index in [1.165, 1.54) is 6.42 Å². The van der Waals surface area contributed by atoms with Gasteiger partial charge in [0.05, 0.1) is 6.54 Å². The summed E-state index contributed by atoms with van der Waals surface area (Å²) in [5, 5.41) is 5.82. The number of hydrogen-bond acceptors (Lipinski definition) is 2. The molecule has 2 rings (SSSR count). The number of carbonyl (C=O) groups is 2. The van der Waals surface area contributed by atoms with Crippen LogP contribution in [0.15, 0.2) is 24.3 Å². The number of halogens is 1. The third-order valence-electron chi connectivity index (χ3n) is 3.21. The zero-order valence-electron chi connectivity index (χ0n) is 11.2. The summed E-state index contributed by atoms with van der Waals surface area (Å²) in [5.74, 6) is -0.0315. The lowest BCUT2D eigenvalue weighted by molar-refractivity contribution is -0.130. The molecule has 0 saturated carbocycles. The van der Waals surface area contributed by atoms with Gasteiger partial charge in [0, 0.05) is 23.8 Å². The highest BCUT2D eigenvalue weighted by molar-refractivity contribution is 6.30. The lowest BCUT2D eigenvalue weighted by Crippen LogP contribution is -2.43. The Hall–Kier alpha value is -1.75. The average molecular weight is 296 g/mol. The van der Waals surface area contributed by atoms with Crippen LogP contribution in [-0.2, 0) is 4.79 Å². The molecule has 0 spiro atoms. The van der Waals surface area contributed by atoms with Crippen LogP contribution >= 0.6 is 11.6 Å². The third kappa shape index (κ3) is 4.42. The van der Waals surface area contributed by atoms with E-state index in [1.807, 2.05) is 0 Å². The summed E-state index contributed by atoms with van der Waals surface area (Å²) in [7, 11) is 0. The van der Waals surface area contributed by atoms with Gasteiger partial charge < -0.3 is 15.5 Å². The molecule has 1 aliphatic rings. The van der Waals surface area contributed by atoms with Crippen LogP contribution in [0.2, 0.25) is 5.02 Å². The summed E-state index contributed by atoms with van der Waals surface area (Å²) < 4.78 is 0. The van der Waals surface area contributed by atoms with Gasteiger partial charge in [0.2, 0.25) is 5.91 Å². The van der Waals surface area contributed by atoms with Crippen LogP contribution in [0, 0.1) is 0 Å². The second-order valence-corrected chi connectivity index (χ2v) is 5.19. The molecule has 0 atom stereocenters.